The number of rotatable bonds is 10. The van der Waals surface area contributed by atoms with Crippen molar-refractivity contribution in [3.05, 3.63) is 59.9 Å². The van der Waals surface area contributed by atoms with Crippen LogP contribution >= 0.6 is 0 Å². The Balaban J connectivity index is 1.38. The number of benzene rings is 2. The summed E-state index contributed by atoms with van der Waals surface area (Å²) in [6.45, 7) is 8.60. The third kappa shape index (κ3) is 5.39. The first-order valence-electron chi connectivity index (χ1n) is 11.5. The van der Waals surface area contributed by atoms with Gasteiger partial charge in [-0.1, -0.05) is 32.0 Å². The minimum Gasteiger partial charge on any atom is -0.385 e. The van der Waals surface area contributed by atoms with Crippen LogP contribution in [0.1, 0.15) is 42.9 Å². The van der Waals surface area contributed by atoms with E-state index in [0.717, 1.165) is 59.9 Å². The van der Waals surface area contributed by atoms with E-state index in [1.807, 2.05) is 47.7 Å². The van der Waals surface area contributed by atoms with E-state index in [4.69, 9.17) is 4.98 Å². The van der Waals surface area contributed by atoms with Crippen LogP contribution in [-0.4, -0.2) is 45.1 Å². The summed E-state index contributed by atoms with van der Waals surface area (Å²) >= 11 is 0. The molecule has 0 fully saturated rings. The highest BCUT2D eigenvalue weighted by molar-refractivity contribution is 5.94. The van der Waals surface area contributed by atoms with Crippen molar-refractivity contribution in [1.29, 1.82) is 0 Å². The average molecular weight is 446 g/mol. The van der Waals surface area contributed by atoms with Gasteiger partial charge in [-0.25, -0.2) is 4.98 Å². The Kier molecular flexibility index (Phi) is 7.02. The fourth-order valence-electron chi connectivity index (χ4n) is 3.67. The van der Waals surface area contributed by atoms with E-state index < -0.39 is 0 Å². The van der Waals surface area contributed by atoms with E-state index in [9.17, 15) is 4.79 Å². The van der Waals surface area contributed by atoms with Gasteiger partial charge in [0.2, 0.25) is 5.65 Å². The molecule has 4 aromatic rings. The normalized spacial score (nSPS) is 11.3. The fraction of sp³-hybridized carbons (Fsp3) is 0.360. The Labute approximate surface area is 193 Å². The summed E-state index contributed by atoms with van der Waals surface area (Å²) in [5.74, 6) is 2.07. The van der Waals surface area contributed by atoms with E-state index in [0.29, 0.717) is 18.0 Å². The molecule has 0 saturated carbocycles. The van der Waals surface area contributed by atoms with Gasteiger partial charge in [0, 0.05) is 30.9 Å². The number of nitrogens with one attached hydrogen (secondary N) is 3. The number of carbonyl (C=O) groups is 1. The molecule has 0 bridgehead atoms. The van der Waals surface area contributed by atoms with Gasteiger partial charge in [-0.3, -0.25) is 9.20 Å². The van der Waals surface area contributed by atoms with E-state index in [2.05, 4.69) is 52.1 Å². The molecule has 0 spiro atoms. The van der Waals surface area contributed by atoms with Gasteiger partial charge in [-0.05, 0) is 56.0 Å². The molecule has 0 unspecified atom stereocenters. The lowest BCUT2D eigenvalue weighted by atomic mass is 10.2. The molecule has 0 aliphatic rings. The summed E-state index contributed by atoms with van der Waals surface area (Å²) < 4.78 is 2.05. The first kappa shape index (κ1) is 22.5. The molecule has 2 aromatic carbocycles. The summed E-state index contributed by atoms with van der Waals surface area (Å²) in [4.78, 5) is 16.9. The zero-order valence-electron chi connectivity index (χ0n) is 19.4. The van der Waals surface area contributed by atoms with Gasteiger partial charge in [-0.2, -0.15) is 0 Å². The standard InChI is InChI=1S/C25H31N7O/c1-17(2)16-28-20-11-12-21-22(15-20)32-18(3)30-31-24(32)23(29-21)26-13-7-8-14-27-25(33)19-9-5-4-6-10-19/h4-6,9-12,15,17,28H,7-8,13-14,16H2,1-3H3,(H,26,29)(H,27,33). The van der Waals surface area contributed by atoms with Crippen molar-refractivity contribution in [3.8, 4) is 0 Å². The molecule has 0 radical (unpaired) electrons. The Morgan fingerprint density at radius 1 is 1.00 bits per heavy atom. The van der Waals surface area contributed by atoms with Gasteiger partial charge in [0.25, 0.3) is 5.91 Å². The van der Waals surface area contributed by atoms with Gasteiger partial charge in [0.15, 0.2) is 5.82 Å². The number of hydrogen-bond acceptors (Lipinski definition) is 6. The topological polar surface area (TPSA) is 96.2 Å². The maximum absolute atomic E-state index is 12.1. The first-order chi connectivity index (χ1) is 16.0. The smallest absolute Gasteiger partial charge is 0.251 e. The zero-order valence-corrected chi connectivity index (χ0v) is 19.4. The molecule has 33 heavy (non-hydrogen) atoms. The lowest BCUT2D eigenvalue weighted by molar-refractivity contribution is 0.0953. The van der Waals surface area contributed by atoms with Crippen molar-refractivity contribution in [2.24, 2.45) is 5.92 Å². The van der Waals surface area contributed by atoms with Crippen molar-refractivity contribution < 1.29 is 4.79 Å². The predicted octanol–water partition coefficient (Wildman–Crippen LogP) is 4.28. The van der Waals surface area contributed by atoms with Crippen molar-refractivity contribution in [2.45, 2.75) is 33.6 Å². The van der Waals surface area contributed by atoms with Crippen molar-refractivity contribution in [1.82, 2.24) is 24.9 Å². The van der Waals surface area contributed by atoms with Crippen molar-refractivity contribution in [2.75, 3.05) is 30.3 Å². The lowest BCUT2D eigenvalue weighted by Gasteiger charge is -2.13. The molecule has 8 heteroatoms. The molecule has 4 rings (SSSR count). The van der Waals surface area contributed by atoms with Gasteiger partial charge in [-0.15, -0.1) is 10.2 Å². The zero-order chi connectivity index (χ0) is 23.2. The molecule has 0 aliphatic carbocycles. The van der Waals surface area contributed by atoms with Crippen LogP contribution in [-0.2, 0) is 0 Å². The number of amides is 1. The number of unbranched alkanes of at least 4 members (excludes halogenated alkanes) is 1. The number of hydrogen-bond donors (Lipinski definition) is 3. The number of nitrogens with zero attached hydrogens (tertiary/aromatic N) is 4. The highest BCUT2D eigenvalue weighted by Gasteiger charge is 2.13. The van der Waals surface area contributed by atoms with E-state index in [-0.39, 0.29) is 5.91 Å². The SMILES string of the molecule is Cc1nnc2c(NCCCCNC(=O)c3ccccc3)nc3ccc(NCC(C)C)cc3n12. The molecule has 3 N–H and O–H groups in total. The number of anilines is 2. The van der Waals surface area contributed by atoms with E-state index >= 15 is 0 Å². The second-order valence-corrected chi connectivity index (χ2v) is 8.60. The maximum Gasteiger partial charge on any atom is 0.251 e. The molecule has 0 atom stereocenters. The second kappa shape index (κ2) is 10.3. The van der Waals surface area contributed by atoms with Crippen molar-refractivity contribution >= 4 is 34.1 Å². The third-order valence-electron chi connectivity index (χ3n) is 5.42. The Morgan fingerprint density at radius 2 is 1.79 bits per heavy atom. The highest BCUT2D eigenvalue weighted by atomic mass is 16.1. The second-order valence-electron chi connectivity index (χ2n) is 8.60. The monoisotopic (exact) mass is 445 g/mol. The van der Waals surface area contributed by atoms with Gasteiger partial charge in [0.1, 0.15) is 5.82 Å². The number of fused-ring (bicyclic) bond motifs is 3. The highest BCUT2D eigenvalue weighted by Crippen LogP contribution is 2.24. The van der Waals surface area contributed by atoms with Crippen LogP contribution in [0.5, 0.6) is 0 Å². The van der Waals surface area contributed by atoms with Crippen LogP contribution in [0.25, 0.3) is 16.7 Å². The molecule has 2 heterocycles. The molecule has 0 aliphatic heterocycles. The van der Waals surface area contributed by atoms with Crippen LogP contribution in [0, 0.1) is 12.8 Å². The minimum absolute atomic E-state index is 0.0392. The van der Waals surface area contributed by atoms with Crippen LogP contribution in [0.3, 0.4) is 0 Å². The minimum atomic E-state index is -0.0392. The predicted molar refractivity (Wildman–Crippen MR) is 133 cm³/mol. The Hall–Kier alpha value is -3.68. The van der Waals surface area contributed by atoms with Crippen LogP contribution in [0.15, 0.2) is 48.5 Å². The number of aryl methyl sites for hydroxylation is 1. The van der Waals surface area contributed by atoms with Gasteiger partial charge < -0.3 is 16.0 Å². The maximum atomic E-state index is 12.1. The molecule has 2 aromatic heterocycles. The third-order valence-corrected chi connectivity index (χ3v) is 5.42. The molecule has 1 amide bonds. The fourth-order valence-corrected chi connectivity index (χ4v) is 3.67. The summed E-state index contributed by atoms with van der Waals surface area (Å²) in [5, 5.41) is 18.5. The lowest BCUT2D eigenvalue weighted by Crippen LogP contribution is -2.24. The summed E-state index contributed by atoms with van der Waals surface area (Å²) in [6, 6.07) is 15.5. The Morgan fingerprint density at radius 3 is 2.58 bits per heavy atom. The van der Waals surface area contributed by atoms with E-state index in [1.165, 1.54) is 0 Å². The van der Waals surface area contributed by atoms with Crippen molar-refractivity contribution in [3.63, 3.8) is 0 Å². The number of carbonyl (C=O) groups excluding carboxylic acids is 1. The molecule has 8 nitrogen and oxygen atoms in total. The summed E-state index contributed by atoms with van der Waals surface area (Å²) in [6.07, 6.45) is 1.76. The van der Waals surface area contributed by atoms with Gasteiger partial charge >= 0.3 is 0 Å². The quantitative estimate of drug-likeness (QED) is 0.315. The molecular weight excluding hydrogens is 414 g/mol. The van der Waals surface area contributed by atoms with Gasteiger partial charge in [0.05, 0.1) is 11.0 Å². The summed E-state index contributed by atoms with van der Waals surface area (Å²) in [5.41, 5.74) is 4.33. The molecule has 172 valence electrons. The van der Waals surface area contributed by atoms with Crippen LogP contribution in [0.2, 0.25) is 0 Å². The first-order valence-corrected chi connectivity index (χ1v) is 11.5. The van der Waals surface area contributed by atoms with Crippen LogP contribution < -0.4 is 16.0 Å². The average Bonchev–Trinajstić information content (AvgIpc) is 3.22. The largest absolute Gasteiger partial charge is 0.385 e. The molecular formula is C25H31N7O. The van der Waals surface area contributed by atoms with Crippen LogP contribution in [0.4, 0.5) is 11.5 Å². The van der Waals surface area contributed by atoms with E-state index in [1.54, 1.807) is 0 Å². The number of aromatic nitrogens is 4. The Bertz CT molecular complexity index is 1230. The molecule has 0 saturated heterocycles. The summed E-state index contributed by atoms with van der Waals surface area (Å²) in [7, 11) is 0.